The van der Waals surface area contributed by atoms with Crippen LogP contribution in [0.15, 0.2) is 62.7 Å². The summed E-state index contributed by atoms with van der Waals surface area (Å²) in [5.41, 5.74) is 2.65. The van der Waals surface area contributed by atoms with E-state index < -0.39 is 5.69 Å². The number of phenolic OH excluding ortho intramolecular Hbond substituents is 1. The van der Waals surface area contributed by atoms with Crippen LogP contribution < -0.4 is 11.2 Å². The van der Waals surface area contributed by atoms with Crippen molar-refractivity contribution in [3.05, 3.63) is 79.5 Å². The Morgan fingerprint density at radius 1 is 1.00 bits per heavy atom. The van der Waals surface area contributed by atoms with Gasteiger partial charge in [0.05, 0.1) is 22.3 Å². The molecule has 0 radical (unpaired) electrons. The van der Waals surface area contributed by atoms with Crippen molar-refractivity contribution < 1.29 is 5.11 Å². The Bertz CT molecular complexity index is 1360. The van der Waals surface area contributed by atoms with Gasteiger partial charge in [0.1, 0.15) is 5.75 Å². The van der Waals surface area contributed by atoms with E-state index in [1.807, 2.05) is 43.3 Å². The lowest BCUT2D eigenvalue weighted by atomic mass is 10.1. The first kappa shape index (κ1) is 18.3. The normalized spacial score (nSPS) is 11.3. The van der Waals surface area contributed by atoms with Gasteiger partial charge in [-0.15, -0.1) is 0 Å². The van der Waals surface area contributed by atoms with Crippen LogP contribution in [0, 0.1) is 6.92 Å². The van der Waals surface area contributed by atoms with Crippen molar-refractivity contribution in [3.8, 4) is 22.7 Å². The largest absolute Gasteiger partial charge is 0.506 e. The van der Waals surface area contributed by atoms with Crippen molar-refractivity contribution in [3.63, 3.8) is 0 Å². The van der Waals surface area contributed by atoms with E-state index in [0.717, 1.165) is 20.2 Å². The van der Waals surface area contributed by atoms with Gasteiger partial charge >= 0.3 is 5.69 Å². The zero-order valence-corrected chi connectivity index (χ0v) is 17.2. The summed E-state index contributed by atoms with van der Waals surface area (Å²) in [5.74, 6) is 0.0870. The maximum Gasteiger partial charge on any atom is 0.330 e. The number of phenols is 1. The number of rotatable bonds is 2. The molecule has 4 rings (SSSR count). The third-order valence-electron chi connectivity index (χ3n) is 4.93. The fourth-order valence-corrected chi connectivity index (χ4v) is 3.88. The van der Waals surface area contributed by atoms with Gasteiger partial charge in [0.25, 0.3) is 5.56 Å². The second kappa shape index (κ2) is 6.53. The molecule has 0 unspecified atom stereocenters. The van der Waals surface area contributed by atoms with Crippen LogP contribution in [-0.4, -0.2) is 18.8 Å². The summed E-state index contributed by atoms with van der Waals surface area (Å²) in [5, 5.41) is 10.9. The number of fused-ring (bicyclic) bond motifs is 1. The van der Waals surface area contributed by atoms with E-state index in [1.54, 1.807) is 23.9 Å². The predicted molar refractivity (Wildman–Crippen MR) is 113 cm³/mol. The molecular formula is C21H18BrN3O3. The van der Waals surface area contributed by atoms with E-state index in [9.17, 15) is 14.7 Å². The number of benzene rings is 2. The molecule has 7 heteroatoms. The van der Waals surface area contributed by atoms with E-state index in [1.165, 1.54) is 11.6 Å². The highest BCUT2D eigenvalue weighted by Gasteiger charge is 2.21. The molecule has 2 aromatic heterocycles. The van der Waals surface area contributed by atoms with E-state index in [4.69, 9.17) is 0 Å². The Hall–Kier alpha value is -3.06. The molecule has 0 saturated heterocycles. The molecule has 0 saturated carbocycles. The minimum absolute atomic E-state index is 0.0870. The molecule has 4 aromatic rings. The first-order valence-corrected chi connectivity index (χ1v) is 9.46. The van der Waals surface area contributed by atoms with Gasteiger partial charge in [0, 0.05) is 30.3 Å². The highest BCUT2D eigenvalue weighted by atomic mass is 79.9. The standard InChI is InChI=1S/C21H18BrN3O3/c1-12-7-8-17(26)15(9-12)25-11-16-18(20(27)24(3)21(28)23(16)2)19(25)13-5-4-6-14(22)10-13/h4-11,26H,1-3H3. The van der Waals surface area contributed by atoms with Crippen LogP contribution in [0.4, 0.5) is 0 Å². The summed E-state index contributed by atoms with van der Waals surface area (Å²) in [7, 11) is 3.10. The molecular weight excluding hydrogens is 422 g/mol. The van der Waals surface area contributed by atoms with Crippen LogP contribution in [-0.2, 0) is 14.1 Å². The summed E-state index contributed by atoms with van der Waals surface area (Å²) in [6.07, 6.45) is 1.73. The minimum atomic E-state index is -0.399. The van der Waals surface area contributed by atoms with Crippen LogP contribution in [0.3, 0.4) is 0 Å². The lowest BCUT2D eigenvalue weighted by Crippen LogP contribution is -2.36. The number of halogens is 1. The maximum absolute atomic E-state index is 13.0. The monoisotopic (exact) mass is 439 g/mol. The zero-order chi connectivity index (χ0) is 20.2. The van der Waals surface area contributed by atoms with Gasteiger partial charge in [0.2, 0.25) is 0 Å². The van der Waals surface area contributed by atoms with Crippen molar-refractivity contribution >= 4 is 26.8 Å². The second-order valence-electron chi connectivity index (χ2n) is 6.82. The first-order chi connectivity index (χ1) is 13.3. The van der Waals surface area contributed by atoms with E-state index in [0.29, 0.717) is 22.3 Å². The van der Waals surface area contributed by atoms with E-state index in [2.05, 4.69) is 15.9 Å². The highest BCUT2D eigenvalue weighted by Crippen LogP contribution is 2.35. The molecule has 1 N–H and O–H groups in total. The Labute approximate surface area is 169 Å². The molecule has 2 heterocycles. The highest BCUT2D eigenvalue weighted by molar-refractivity contribution is 9.10. The minimum Gasteiger partial charge on any atom is -0.506 e. The molecule has 6 nitrogen and oxygen atoms in total. The molecule has 0 aliphatic carbocycles. The smallest absolute Gasteiger partial charge is 0.330 e. The van der Waals surface area contributed by atoms with Gasteiger partial charge in [-0.25, -0.2) is 4.79 Å². The SMILES string of the molecule is Cc1ccc(O)c(-n2cc3c(c2-c2cccc(Br)c2)c(=O)n(C)c(=O)n3C)c1. The Kier molecular flexibility index (Phi) is 4.27. The number of aromatic hydroxyl groups is 1. The summed E-state index contributed by atoms with van der Waals surface area (Å²) >= 11 is 3.48. The summed E-state index contributed by atoms with van der Waals surface area (Å²) in [4.78, 5) is 25.5. The zero-order valence-electron chi connectivity index (χ0n) is 15.6. The van der Waals surface area contributed by atoms with Crippen LogP contribution in [0.25, 0.3) is 27.8 Å². The second-order valence-corrected chi connectivity index (χ2v) is 7.73. The molecule has 0 atom stereocenters. The average Bonchev–Trinajstić information content (AvgIpc) is 3.07. The van der Waals surface area contributed by atoms with Crippen LogP contribution in [0.1, 0.15) is 5.56 Å². The van der Waals surface area contributed by atoms with Gasteiger partial charge < -0.3 is 9.67 Å². The molecule has 142 valence electrons. The summed E-state index contributed by atoms with van der Waals surface area (Å²) in [6.45, 7) is 1.93. The van der Waals surface area contributed by atoms with Gasteiger partial charge in [-0.2, -0.15) is 0 Å². The molecule has 0 aliphatic rings. The maximum atomic E-state index is 13.0. The van der Waals surface area contributed by atoms with Gasteiger partial charge in [-0.05, 0) is 36.8 Å². The van der Waals surface area contributed by atoms with Gasteiger partial charge in [-0.3, -0.25) is 13.9 Å². The Morgan fingerprint density at radius 2 is 1.75 bits per heavy atom. The van der Waals surface area contributed by atoms with Crippen LogP contribution in [0.5, 0.6) is 5.75 Å². The first-order valence-electron chi connectivity index (χ1n) is 8.66. The van der Waals surface area contributed by atoms with Gasteiger partial charge in [0.15, 0.2) is 0 Å². The van der Waals surface area contributed by atoms with Crippen LogP contribution in [0.2, 0.25) is 0 Å². The number of nitrogens with zero attached hydrogens (tertiary/aromatic N) is 3. The van der Waals surface area contributed by atoms with Crippen molar-refractivity contribution in [2.45, 2.75) is 6.92 Å². The number of hydrogen-bond donors (Lipinski definition) is 1. The topological polar surface area (TPSA) is 69.2 Å². The number of hydrogen-bond acceptors (Lipinski definition) is 3. The lowest BCUT2D eigenvalue weighted by molar-refractivity contribution is 0.472. The molecule has 0 aliphatic heterocycles. The van der Waals surface area contributed by atoms with Crippen LogP contribution >= 0.6 is 15.9 Å². The summed E-state index contributed by atoms with van der Waals surface area (Å²) < 4.78 is 5.18. The van der Waals surface area contributed by atoms with Crippen molar-refractivity contribution in [2.75, 3.05) is 0 Å². The Balaban J connectivity index is 2.25. The Morgan fingerprint density at radius 3 is 2.46 bits per heavy atom. The van der Waals surface area contributed by atoms with E-state index >= 15 is 0 Å². The molecule has 0 bridgehead atoms. The summed E-state index contributed by atoms with van der Waals surface area (Å²) in [6, 6.07) is 12.9. The third kappa shape index (κ3) is 2.70. The molecule has 0 spiro atoms. The van der Waals surface area contributed by atoms with E-state index in [-0.39, 0.29) is 11.3 Å². The number of aromatic nitrogens is 3. The molecule has 28 heavy (non-hydrogen) atoms. The predicted octanol–water partition coefficient (Wildman–Crippen LogP) is 3.47. The average molecular weight is 440 g/mol. The molecule has 2 aromatic carbocycles. The fourth-order valence-electron chi connectivity index (χ4n) is 3.48. The van der Waals surface area contributed by atoms with Gasteiger partial charge in [-0.1, -0.05) is 34.1 Å². The third-order valence-corrected chi connectivity index (χ3v) is 5.42. The number of aryl methyl sites for hydroxylation is 2. The molecule has 0 fully saturated rings. The lowest BCUT2D eigenvalue weighted by Gasteiger charge is -2.12. The van der Waals surface area contributed by atoms with Crippen molar-refractivity contribution in [1.82, 2.24) is 13.7 Å². The fraction of sp³-hybridized carbons (Fsp3) is 0.143. The quantitative estimate of drug-likeness (QED) is 0.519. The van der Waals surface area contributed by atoms with Crippen molar-refractivity contribution in [1.29, 1.82) is 0 Å². The van der Waals surface area contributed by atoms with Crippen molar-refractivity contribution in [2.24, 2.45) is 14.1 Å². The molecule has 0 amide bonds.